The van der Waals surface area contributed by atoms with Crippen molar-refractivity contribution in [2.45, 2.75) is 19.5 Å². The van der Waals surface area contributed by atoms with Gasteiger partial charge in [0.2, 0.25) is 5.75 Å². The highest BCUT2D eigenvalue weighted by atomic mass is 35.5. The van der Waals surface area contributed by atoms with Gasteiger partial charge in [-0.15, -0.1) is 0 Å². The molecule has 0 bridgehead atoms. The molecule has 0 saturated carbocycles. The van der Waals surface area contributed by atoms with Crippen molar-refractivity contribution in [3.63, 3.8) is 0 Å². The van der Waals surface area contributed by atoms with Crippen LogP contribution in [-0.4, -0.2) is 25.7 Å². The maximum atomic E-state index is 13.6. The van der Waals surface area contributed by atoms with Crippen LogP contribution in [0.1, 0.15) is 40.2 Å². The molecule has 0 aliphatic rings. The number of carbonyl (C=O) groups excluding carboxylic acids is 1. The number of carbonyl (C=O) groups is 1. The number of nitrogens with one attached hydrogen (secondary N) is 2. The van der Waals surface area contributed by atoms with Crippen molar-refractivity contribution >= 4 is 17.4 Å². The fourth-order valence-corrected chi connectivity index (χ4v) is 2.82. The SMILES string of the molecule is CC(=O)c1ncc(Cc2nc(C(F)(F)F)c(Oc3cc(Cl)cc(C#N)c3)c(=O)[nH]2)c(=O)[nH]1. The van der Waals surface area contributed by atoms with E-state index in [0.29, 0.717) is 0 Å². The molecule has 32 heavy (non-hydrogen) atoms. The van der Waals surface area contributed by atoms with Gasteiger partial charge in [0.05, 0.1) is 11.6 Å². The monoisotopic (exact) mass is 465 g/mol. The van der Waals surface area contributed by atoms with Crippen LogP contribution < -0.4 is 15.9 Å². The second-order valence-corrected chi connectivity index (χ2v) is 6.83. The second kappa shape index (κ2) is 8.64. The van der Waals surface area contributed by atoms with Crippen LogP contribution in [0.4, 0.5) is 13.2 Å². The summed E-state index contributed by atoms with van der Waals surface area (Å²) in [5.41, 5.74) is -3.81. The third-order valence-corrected chi connectivity index (χ3v) is 4.20. The van der Waals surface area contributed by atoms with Crippen molar-refractivity contribution in [1.29, 1.82) is 5.26 Å². The number of hydrogen-bond donors (Lipinski definition) is 2. The number of nitriles is 1. The Bertz CT molecular complexity index is 1380. The van der Waals surface area contributed by atoms with E-state index in [1.165, 1.54) is 13.0 Å². The average Bonchev–Trinajstić information content (AvgIpc) is 2.69. The number of aromatic amines is 2. The molecule has 3 aromatic rings. The third-order valence-electron chi connectivity index (χ3n) is 3.98. The Morgan fingerprint density at radius 3 is 2.53 bits per heavy atom. The summed E-state index contributed by atoms with van der Waals surface area (Å²) in [5.74, 6) is -2.66. The molecule has 0 spiro atoms. The lowest BCUT2D eigenvalue weighted by atomic mass is 10.2. The van der Waals surface area contributed by atoms with Crippen molar-refractivity contribution in [3.8, 4) is 17.6 Å². The van der Waals surface area contributed by atoms with Gasteiger partial charge in [-0.25, -0.2) is 9.97 Å². The minimum absolute atomic E-state index is 0.00259. The zero-order chi connectivity index (χ0) is 23.6. The number of hydrogen-bond acceptors (Lipinski definition) is 7. The summed E-state index contributed by atoms with van der Waals surface area (Å²) in [6, 6.07) is 5.24. The van der Waals surface area contributed by atoms with Crippen LogP contribution in [0.15, 0.2) is 34.0 Å². The van der Waals surface area contributed by atoms with E-state index in [9.17, 15) is 27.6 Å². The summed E-state index contributed by atoms with van der Waals surface area (Å²) in [4.78, 5) is 47.2. The van der Waals surface area contributed by atoms with E-state index in [-0.39, 0.29) is 27.7 Å². The van der Waals surface area contributed by atoms with E-state index < -0.39 is 46.8 Å². The first-order valence-electron chi connectivity index (χ1n) is 8.66. The largest absolute Gasteiger partial charge is 0.449 e. The number of rotatable bonds is 5. The highest BCUT2D eigenvalue weighted by Crippen LogP contribution is 2.35. The van der Waals surface area contributed by atoms with Crippen molar-refractivity contribution in [1.82, 2.24) is 19.9 Å². The standard InChI is InChI=1S/C19H11ClF3N5O4/c1-8(29)16-25-7-10(17(30)28-16)4-13-26-15(19(21,22)23)14(18(31)27-13)32-12-3-9(6-24)2-11(20)5-12/h2-3,5,7H,4H2,1H3,(H,25,28,30)(H,26,27,31). The molecule has 0 radical (unpaired) electrons. The lowest BCUT2D eigenvalue weighted by Gasteiger charge is -2.14. The molecule has 2 aromatic heterocycles. The van der Waals surface area contributed by atoms with E-state index in [1.807, 2.05) is 0 Å². The van der Waals surface area contributed by atoms with Gasteiger partial charge in [0.25, 0.3) is 11.1 Å². The van der Waals surface area contributed by atoms with Gasteiger partial charge in [0.1, 0.15) is 11.6 Å². The maximum absolute atomic E-state index is 13.6. The maximum Gasteiger partial charge on any atom is 0.437 e. The third kappa shape index (κ3) is 5.01. The van der Waals surface area contributed by atoms with Gasteiger partial charge in [0.15, 0.2) is 17.3 Å². The molecule has 0 atom stereocenters. The first-order valence-corrected chi connectivity index (χ1v) is 9.03. The zero-order valence-corrected chi connectivity index (χ0v) is 16.8. The lowest BCUT2D eigenvalue weighted by molar-refractivity contribution is -0.142. The van der Waals surface area contributed by atoms with Crippen molar-refractivity contribution < 1.29 is 22.7 Å². The van der Waals surface area contributed by atoms with Crippen LogP contribution in [0, 0.1) is 11.3 Å². The second-order valence-electron chi connectivity index (χ2n) is 6.40. The number of halogens is 4. The first kappa shape index (κ1) is 22.7. The smallest absolute Gasteiger partial charge is 0.437 e. The van der Waals surface area contributed by atoms with Gasteiger partial charge in [-0.05, 0) is 18.2 Å². The number of ether oxygens (including phenoxy) is 1. The summed E-state index contributed by atoms with van der Waals surface area (Å²) in [6.45, 7) is 1.17. The molecule has 0 aliphatic heterocycles. The highest BCUT2D eigenvalue weighted by molar-refractivity contribution is 6.30. The minimum atomic E-state index is -5.09. The zero-order valence-electron chi connectivity index (χ0n) is 16.0. The molecule has 0 fully saturated rings. The Hall–Kier alpha value is -3.98. The molecule has 0 unspecified atom stereocenters. The Kier molecular flexibility index (Phi) is 6.13. The lowest BCUT2D eigenvalue weighted by Crippen LogP contribution is -2.24. The van der Waals surface area contributed by atoms with Gasteiger partial charge < -0.3 is 14.7 Å². The minimum Gasteiger partial charge on any atom is -0.449 e. The predicted molar refractivity (Wildman–Crippen MR) is 104 cm³/mol. The van der Waals surface area contributed by atoms with Crippen molar-refractivity contribution in [3.05, 3.63) is 78.6 Å². The number of H-pyrrole nitrogens is 2. The molecule has 3 rings (SSSR count). The molecule has 164 valence electrons. The normalized spacial score (nSPS) is 11.1. The first-order chi connectivity index (χ1) is 15.0. The fraction of sp³-hybridized carbons (Fsp3) is 0.158. The molecule has 0 saturated heterocycles. The van der Waals surface area contributed by atoms with E-state index in [0.717, 1.165) is 18.3 Å². The van der Waals surface area contributed by atoms with Gasteiger partial charge in [0, 0.05) is 30.1 Å². The molecular formula is C19H11ClF3N5O4. The Morgan fingerprint density at radius 2 is 1.94 bits per heavy atom. The molecular weight excluding hydrogens is 455 g/mol. The highest BCUT2D eigenvalue weighted by Gasteiger charge is 2.39. The Labute approximate surface area is 181 Å². The van der Waals surface area contributed by atoms with Crippen LogP contribution >= 0.6 is 11.6 Å². The molecule has 9 nitrogen and oxygen atoms in total. The summed E-state index contributed by atoms with van der Waals surface area (Å²) in [7, 11) is 0. The molecule has 0 aliphatic carbocycles. The van der Waals surface area contributed by atoms with Gasteiger partial charge >= 0.3 is 6.18 Å². The van der Waals surface area contributed by atoms with Crippen molar-refractivity contribution in [2.75, 3.05) is 0 Å². The van der Waals surface area contributed by atoms with E-state index in [2.05, 4.69) is 19.9 Å². The van der Waals surface area contributed by atoms with Gasteiger partial charge in [-0.3, -0.25) is 14.4 Å². The topological polar surface area (TPSA) is 142 Å². The van der Waals surface area contributed by atoms with Crippen LogP contribution in [0.5, 0.6) is 11.5 Å². The quantitative estimate of drug-likeness (QED) is 0.551. The molecule has 2 heterocycles. The number of ketones is 1. The Morgan fingerprint density at radius 1 is 1.22 bits per heavy atom. The summed E-state index contributed by atoms with van der Waals surface area (Å²) >= 11 is 5.81. The predicted octanol–water partition coefficient (Wildman–Crippen LogP) is 2.98. The van der Waals surface area contributed by atoms with Crippen LogP contribution in [-0.2, 0) is 12.6 Å². The van der Waals surface area contributed by atoms with Crippen molar-refractivity contribution in [2.24, 2.45) is 0 Å². The van der Waals surface area contributed by atoms with E-state index in [4.69, 9.17) is 21.6 Å². The van der Waals surface area contributed by atoms with Crippen LogP contribution in [0.2, 0.25) is 5.02 Å². The number of Topliss-reactive ketones (excluding diaryl/α,β-unsaturated/α-hetero) is 1. The van der Waals surface area contributed by atoms with Gasteiger partial charge in [-0.1, -0.05) is 11.6 Å². The Balaban J connectivity index is 2.04. The number of benzene rings is 1. The molecule has 2 N–H and O–H groups in total. The van der Waals surface area contributed by atoms with Gasteiger partial charge in [-0.2, -0.15) is 18.4 Å². The van der Waals surface area contributed by atoms with Crippen LogP contribution in [0.3, 0.4) is 0 Å². The molecule has 0 amide bonds. The summed E-state index contributed by atoms with van der Waals surface area (Å²) in [5, 5.41) is 8.97. The van der Waals surface area contributed by atoms with Crippen LogP contribution in [0.25, 0.3) is 0 Å². The molecule has 13 heteroatoms. The summed E-state index contributed by atoms with van der Waals surface area (Å²) < 4.78 is 45.9. The number of aromatic nitrogens is 4. The summed E-state index contributed by atoms with van der Waals surface area (Å²) in [6.07, 6.45) is -4.59. The fourth-order valence-electron chi connectivity index (χ4n) is 2.59. The van der Waals surface area contributed by atoms with E-state index in [1.54, 1.807) is 6.07 Å². The number of alkyl halides is 3. The molecule has 1 aromatic carbocycles. The van der Waals surface area contributed by atoms with E-state index >= 15 is 0 Å². The number of nitrogens with zero attached hydrogens (tertiary/aromatic N) is 3. The average molecular weight is 466 g/mol.